The van der Waals surface area contributed by atoms with Crippen LogP contribution in [0.3, 0.4) is 0 Å². The van der Waals surface area contributed by atoms with Gasteiger partial charge >= 0.3 is 0 Å². The highest BCUT2D eigenvalue weighted by Gasteiger charge is 2.13. The summed E-state index contributed by atoms with van der Waals surface area (Å²) < 4.78 is 0. The van der Waals surface area contributed by atoms with Gasteiger partial charge in [-0.25, -0.2) is 4.98 Å². The molecule has 0 fully saturated rings. The first-order chi connectivity index (χ1) is 9.04. The van der Waals surface area contributed by atoms with E-state index < -0.39 is 0 Å². The molecule has 1 N–H and O–H groups in total. The zero-order valence-electron chi connectivity index (χ0n) is 13.0. The van der Waals surface area contributed by atoms with E-state index in [-0.39, 0.29) is 0 Å². The zero-order chi connectivity index (χ0) is 14.3. The Morgan fingerprint density at radius 1 is 1.16 bits per heavy atom. The molecule has 1 aromatic heterocycles. The predicted molar refractivity (Wildman–Crippen MR) is 81.3 cm³/mol. The van der Waals surface area contributed by atoms with Gasteiger partial charge in [-0.1, -0.05) is 20.8 Å². The minimum atomic E-state index is 0.445. The topological polar surface area (TPSA) is 41.1 Å². The molecule has 0 amide bonds. The lowest BCUT2D eigenvalue weighted by molar-refractivity contribution is 0.564. The first kappa shape index (κ1) is 15.9. The number of hydrogen-bond acceptors (Lipinski definition) is 4. The zero-order valence-corrected chi connectivity index (χ0v) is 13.0. The molecule has 0 aromatic carbocycles. The van der Waals surface area contributed by atoms with Crippen LogP contribution in [-0.2, 0) is 6.54 Å². The minimum Gasteiger partial charge on any atom is -0.353 e. The molecule has 19 heavy (non-hydrogen) atoms. The van der Waals surface area contributed by atoms with Crippen LogP contribution in [0.4, 0.5) is 5.82 Å². The van der Waals surface area contributed by atoms with E-state index in [2.05, 4.69) is 54.8 Å². The molecule has 0 saturated heterocycles. The van der Waals surface area contributed by atoms with Crippen LogP contribution in [0.5, 0.6) is 0 Å². The lowest BCUT2D eigenvalue weighted by Crippen LogP contribution is -2.35. The van der Waals surface area contributed by atoms with Gasteiger partial charge in [0.1, 0.15) is 5.82 Å². The van der Waals surface area contributed by atoms with Gasteiger partial charge in [-0.05, 0) is 32.7 Å². The van der Waals surface area contributed by atoms with E-state index in [0.29, 0.717) is 12.0 Å². The summed E-state index contributed by atoms with van der Waals surface area (Å²) in [6, 6.07) is 0.445. The van der Waals surface area contributed by atoms with Crippen molar-refractivity contribution in [2.24, 2.45) is 5.92 Å². The van der Waals surface area contributed by atoms with Crippen LogP contribution in [0.1, 0.15) is 46.7 Å². The summed E-state index contributed by atoms with van der Waals surface area (Å²) in [6.07, 6.45) is 4.92. The molecule has 0 spiro atoms. The van der Waals surface area contributed by atoms with Gasteiger partial charge in [-0.2, -0.15) is 0 Å². The van der Waals surface area contributed by atoms with E-state index in [1.807, 2.05) is 12.4 Å². The van der Waals surface area contributed by atoms with Crippen LogP contribution in [0.15, 0.2) is 12.4 Å². The monoisotopic (exact) mass is 264 g/mol. The second kappa shape index (κ2) is 8.10. The Bertz CT molecular complexity index is 346. The number of rotatable bonds is 8. The molecule has 0 radical (unpaired) electrons. The Balaban J connectivity index is 2.66. The van der Waals surface area contributed by atoms with Crippen molar-refractivity contribution < 1.29 is 0 Å². The minimum absolute atomic E-state index is 0.445. The standard InChI is InChI=1S/C15H28N4/c1-6-7-16-8-14-9-18-15(10-17-14)19(13(4)5)11-12(2)3/h9-10,12-13,16H,6-8,11H2,1-5H3. The van der Waals surface area contributed by atoms with Gasteiger partial charge in [-0.15, -0.1) is 0 Å². The van der Waals surface area contributed by atoms with E-state index in [9.17, 15) is 0 Å². The normalized spacial score (nSPS) is 11.3. The van der Waals surface area contributed by atoms with Gasteiger partial charge in [0.15, 0.2) is 0 Å². The van der Waals surface area contributed by atoms with Crippen molar-refractivity contribution in [3.8, 4) is 0 Å². The lowest BCUT2D eigenvalue weighted by atomic mass is 10.2. The average Bonchev–Trinajstić information content (AvgIpc) is 2.37. The van der Waals surface area contributed by atoms with Gasteiger partial charge in [0.25, 0.3) is 0 Å². The van der Waals surface area contributed by atoms with Crippen LogP contribution in [0.2, 0.25) is 0 Å². The Morgan fingerprint density at radius 2 is 1.89 bits per heavy atom. The van der Waals surface area contributed by atoms with Crippen molar-refractivity contribution in [1.29, 1.82) is 0 Å². The van der Waals surface area contributed by atoms with Gasteiger partial charge in [0, 0.05) is 19.1 Å². The van der Waals surface area contributed by atoms with Crippen molar-refractivity contribution in [3.05, 3.63) is 18.1 Å². The van der Waals surface area contributed by atoms with Gasteiger partial charge in [0.05, 0.1) is 18.1 Å². The Kier molecular flexibility index (Phi) is 6.78. The molecule has 0 saturated carbocycles. The number of nitrogens with one attached hydrogen (secondary N) is 1. The lowest BCUT2D eigenvalue weighted by Gasteiger charge is -2.29. The van der Waals surface area contributed by atoms with Crippen LogP contribution < -0.4 is 10.2 Å². The van der Waals surface area contributed by atoms with Gasteiger partial charge in [0.2, 0.25) is 0 Å². The second-order valence-electron chi connectivity index (χ2n) is 5.68. The molecular formula is C15H28N4. The van der Waals surface area contributed by atoms with Crippen molar-refractivity contribution in [1.82, 2.24) is 15.3 Å². The first-order valence-electron chi connectivity index (χ1n) is 7.32. The highest BCUT2D eigenvalue weighted by Crippen LogP contribution is 2.14. The van der Waals surface area contributed by atoms with Crippen molar-refractivity contribution in [2.45, 2.75) is 53.6 Å². The predicted octanol–water partition coefficient (Wildman–Crippen LogP) is 2.85. The molecule has 0 aliphatic heterocycles. The van der Waals surface area contributed by atoms with Crippen molar-refractivity contribution in [2.75, 3.05) is 18.0 Å². The van der Waals surface area contributed by atoms with Crippen LogP contribution >= 0.6 is 0 Å². The Labute approximate surface area is 117 Å². The molecule has 1 heterocycles. The summed E-state index contributed by atoms with van der Waals surface area (Å²) >= 11 is 0. The smallest absolute Gasteiger partial charge is 0.147 e. The maximum Gasteiger partial charge on any atom is 0.147 e. The van der Waals surface area contributed by atoms with Gasteiger partial charge < -0.3 is 10.2 Å². The summed E-state index contributed by atoms with van der Waals surface area (Å²) in [5.41, 5.74) is 1.01. The highest BCUT2D eigenvalue weighted by molar-refractivity contribution is 5.36. The third kappa shape index (κ3) is 5.55. The second-order valence-corrected chi connectivity index (χ2v) is 5.68. The summed E-state index contributed by atoms with van der Waals surface area (Å²) in [7, 11) is 0. The quantitative estimate of drug-likeness (QED) is 0.733. The fraction of sp³-hybridized carbons (Fsp3) is 0.733. The molecule has 0 unspecified atom stereocenters. The largest absolute Gasteiger partial charge is 0.353 e. The van der Waals surface area contributed by atoms with Crippen molar-refractivity contribution in [3.63, 3.8) is 0 Å². The molecule has 1 aromatic rings. The maximum absolute atomic E-state index is 4.56. The van der Waals surface area contributed by atoms with E-state index in [0.717, 1.165) is 37.6 Å². The number of aromatic nitrogens is 2. The SMILES string of the molecule is CCCNCc1cnc(N(CC(C)C)C(C)C)cn1. The highest BCUT2D eigenvalue weighted by atomic mass is 15.2. The molecule has 1 rings (SSSR count). The molecule has 0 bridgehead atoms. The molecule has 0 aliphatic rings. The molecular weight excluding hydrogens is 236 g/mol. The number of anilines is 1. The molecule has 4 heteroatoms. The van der Waals surface area contributed by atoms with Crippen LogP contribution in [0, 0.1) is 5.92 Å². The summed E-state index contributed by atoms with van der Waals surface area (Å²) in [5.74, 6) is 1.60. The molecule has 4 nitrogen and oxygen atoms in total. The third-order valence-electron chi connectivity index (χ3n) is 2.90. The van der Waals surface area contributed by atoms with Crippen LogP contribution in [-0.4, -0.2) is 29.1 Å². The van der Waals surface area contributed by atoms with E-state index in [1.165, 1.54) is 0 Å². The van der Waals surface area contributed by atoms with E-state index in [1.54, 1.807) is 0 Å². The van der Waals surface area contributed by atoms with E-state index in [4.69, 9.17) is 0 Å². The Morgan fingerprint density at radius 3 is 2.37 bits per heavy atom. The average molecular weight is 264 g/mol. The summed E-state index contributed by atoms with van der Waals surface area (Å²) in [6.45, 7) is 13.8. The summed E-state index contributed by atoms with van der Waals surface area (Å²) in [4.78, 5) is 11.4. The van der Waals surface area contributed by atoms with Gasteiger partial charge in [-0.3, -0.25) is 4.98 Å². The summed E-state index contributed by atoms with van der Waals surface area (Å²) in [5, 5.41) is 3.34. The van der Waals surface area contributed by atoms with Crippen molar-refractivity contribution >= 4 is 5.82 Å². The van der Waals surface area contributed by atoms with Crippen LogP contribution in [0.25, 0.3) is 0 Å². The first-order valence-corrected chi connectivity index (χ1v) is 7.32. The fourth-order valence-electron chi connectivity index (χ4n) is 1.94. The Hall–Kier alpha value is -1.16. The molecule has 0 atom stereocenters. The maximum atomic E-state index is 4.56. The fourth-order valence-corrected chi connectivity index (χ4v) is 1.94. The van der Waals surface area contributed by atoms with E-state index >= 15 is 0 Å². The third-order valence-corrected chi connectivity index (χ3v) is 2.90. The molecule has 0 aliphatic carbocycles. The number of hydrogen-bond donors (Lipinski definition) is 1. The number of nitrogens with zero attached hydrogens (tertiary/aromatic N) is 3. The molecule has 108 valence electrons.